The predicted molar refractivity (Wildman–Crippen MR) is 114 cm³/mol. The Morgan fingerprint density at radius 2 is 1.57 bits per heavy atom. The summed E-state index contributed by atoms with van der Waals surface area (Å²) in [5.74, 6) is 0. The number of benzene rings is 3. The van der Waals surface area contributed by atoms with E-state index >= 15 is 0 Å². The first-order valence-corrected chi connectivity index (χ1v) is 11.0. The van der Waals surface area contributed by atoms with Gasteiger partial charge in [-0.1, -0.05) is 79.2 Å². The minimum atomic E-state index is -3.64. The summed E-state index contributed by atoms with van der Waals surface area (Å²) < 4.78 is 29.1. The van der Waals surface area contributed by atoms with Gasteiger partial charge in [0.2, 0.25) is 10.0 Å². The maximum absolute atomic E-state index is 13.1. The molecular formula is C24H23ClNNdO2S. The van der Waals surface area contributed by atoms with E-state index in [4.69, 9.17) is 0 Å². The average molecular weight is 569 g/mol. The Morgan fingerprint density at radius 3 is 2.20 bits per heavy atom. The van der Waals surface area contributed by atoms with Crippen molar-refractivity contribution >= 4 is 16.1 Å². The molecule has 6 heteroatoms. The first-order chi connectivity index (χ1) is 13.5. The van der Waals surface area contributed by atoms with Crippen molar-refractivity contribution in [2.75, 3.05) is 0 Å². The fraction of sp³-hybridized carbons (Fsp3) is 0.167. The molecule has 4 rings (SSSR count). The van der Waals surface area contributed by atoms with Gasteiger partial charge in [0.25, 0.3) is 0 Å². The summed E-state index contributed by atoms with van der Waals surface area (Å²) in [5, 5.41) is 0. The van der Waals surface area contributed by atoms with Crippen molar-refractivity contribution in [3.63, 3.8) is 0 Å². The van der Waals surface area contributed by atoms with Crippen LogP contribution in [-0.4, -0.2) is 8.42 Å². The number of halogens is 1. The second kappa shape index (κ2) is 10.5. The largest absolute Gasteiger partial charge is 1.00 e. The number of fused-ring (bicyclic) bond motifs is 1. The van der Waals surface area contributed by atoms with E-state index in [0.717, 1.165) is 39.8 Å². The van der Waals surface area contributed by atoms with Gasteiger partial charge in [0.1, 0.15) is 0 Å². The van der Waals surface area contributed by atoms with Gasteiger partial charge in [-0.2, -0.15) is 4.72 Å². The Labute approximate surface area is 218 Å². The van der Waals surface area contributed by atoms with E-state index in [2.05, 4.69) is 42.0 Å². The van der Waals surface area contributed by atoms with Crippen molar-refractivity contribution in [1.29, 1.82) is 0 Å². The molecular weight excluding hydrogens is 546 g/mol. The van der Waals surface area contributed by atoms with Crippen LogP contribution in [0.5, 0.6) is 0 Å². The normalized spacial score (nSPS) is 14.9. The molecule has 30 heavy (non-hydrogen) atoms. The van der Waals surface area contributed by atoms with Gasteiger partial charge in [-0.15, -0.1) is 0 Å². The smallest absolute Gasteiger partial charge is 1.00 e. The van der Waals surface area contributed by atoms with E-state index in [1.807, 2.05) is 43.3 Å². The van der Waals surface area contributed by atoms with Crippen LogP contribution in [0.25, 0.3) is 17.2 Å². The first kappa shape index (κ1) is 25.2. The van der Waals surface area contributed by atoms with Crippen LogP contribution in [0.15, 0.2) is 83.3 Å². The summed E-state index contributed by atoms with van der Waals surface area (Å²) in [5.41, 5.74) is 6.37. The number of sulfonamides is 1. The minimum Gasteiger partial charge on any atom is -1.00 e. The third-order valence-corrected chi connectivity index (χ3v) is 6.68. The zero-order valence-corrected chi connectivity index (χ0v) is 21.7. The third kappa shape index (κ3) is 5.05. The summed E-state index contributed by atoms with van der Waals surface area (Å²) in [7, 11) is -3.64. The fourth-order valence-corrected chi connectivity index (χ4v) is 4.96. The number of rotatable bonds is 5. The predicted octanol–water partition coefficient (Wildman–Crippen LogP) is 2.49. The molecule has 0 aromatic heterocycles. The van der Waals surface area contributed by atoms with Gasteiger partial charge in [-0.3, -0.25) is 0 Å². The summed E-state index contributed by atoms with van der Waals surface area (Å²) in [6, 6.07) is 22.9. The molecule has 1 atom stereocenters. The monoisotopic (exact) mass is 566 g/mol. The molecule has 0 amide bonds. The van der Waals surface area contributed by atoms with Crippen molar-refractivity contribution < 1.29 is 61.7 Å². The number of hydrogen-bond acceptors (Lipinski definition) is 2. The molecule has 1 radical (unpaired) electrons. The molecule has 0 saturated heterocycles. The maximum Gasteiger partial charge on any atom is 1.00 e. The Hall–Kier alpha value is -1.05. The SMILES string of the molecule is CCC1=Cc2cccc(-c3ccccc3)c2C1NS(=O)(=O)c1ccc(C)cc1.[Cl-].[Nd+]. The van der Waals surface area contributed by atoms with Crippen molar-refractivity contribution in [2.24, 2.45) is 0 Å². The molecule has 153 valence electrons. The molecule has 0 spiro atoms. The van der Waals surface area contributed by atoms with Crippen LogP contribution in [0.2, 0.25) is 0 Å². The molecule has 1 aliphatic rings. The van der Waals surface area contributed by atoms with Gasteiger partial charge in [-0.25, -0.2) is 8.42 Å². The van der Waals surface area contributed by atoms with Gasteiger partial charge in [0.15, 0.2) is 0 Å². The van der Waals surface area contributed by atoms with E-state index in [9.17, 15) is 8.42 Å². The Morgan fingerprint density at radius 1 is 0.900 bits per heavy atom. The topological polar surface area (TPSA) is 46.2 Å². The Bertz CT molecular complexity index is 1140. The molecule has 3 nitrogen and oxygen atoms in total. The van der Waals surface area contributed by atoms with Crippen molar-refractivity contribution in [1.82, 2.24) is 4.72 Å². The molecule has 0 bridgehead atoms. The van der Waals surface area contributed by atoms with E-state index < -0.39 is 10.0 Å². The van der Waals surface area contributed by atoms with Crippen LogP contribution in [0.3, 0.4) is 0 Å². The van der Waals surface area contributed by atoms with Gasteiger partial charge in [-0.05, 0) is 53.3 Å². The first-order valence-electron chi connectivity index (χ1n) is 9.47. The van der Waals surface area contributed by atoms with Gasteiger partial charge in [0, 0.05) is 0 Å². The number of hydrogen-bond donors (Lipinski definition) is 1. The maximum atomic E-state index is 13.1. The van der Waals surface area contributed by atoms with E-state index in [0.29, 0.717) is 4.90 Å². The summed E-state index contributed by atoms with van der Waals surface area (Å²) in [4.78, 5) is 0.291. The second-order valence-electron chi connectivity index (χ2n) is 7.11. The number of nitrogens with one attached hydrogen (secondary N) is 1. The van der Waals surface area contributed by atoms with Gasteiger partial charge < -0.3 is 12.4 Å². The summed E-state index contributed by atoms with van der Waals surface area (Å²) >= 11 is 0. The van der Waals surface area contributed by atoms with E-state index in [1.165, 1.54) is 0 Å². The van der Waals surface area contributed by atoms with Crippen LogP contribution in [0.1, 0.15) is 36.1 Å². The van der Waals surface area contributed by atoms with Crippen molar-refractivity contribution in [3.8, 4) is 11.1 Å². The molecule has 1 N–H and O–H groups in total. The fourth-order valence-electron chi connectivity index (χ4n) is 3.75. The van der Waals surface area contributed by atoms with Crippen molar-refractivity contribution in [3.05, 3.63) is 95.1 Å². The number of aryl methyl sites for hydroxylation is 1. The molecule has 0 heterocycles. The average Bonchev–Trinajstić information content (AvgIpc) is 3.06. The van der Waals surface area contributed by atoms with Crippen LogP contribution in [0.4, 0.5) is 0 Å². The van der Waals surface area contributed by atoms with Crippen molar-refractivity contribution in [2.45, 2.75) is 31.2 Å². The van der Waals surface area contributed by atoms with Crippen LogP contribution < -0.4 is 17.1 Å². The zero-order valence-electron chi connectivity index (χ0n) is 16.9. The van der Waals surface area contributed by atoms with E-state index in [-0.39, 0.29) is 59.3 Å². The van der Waals surface area contributed by atoms with Crippen LogP contribution in [0, 0.1) is 47.8 Å². The molecule has 1 aliphatic carbocycles. The quantitative estimate of drug-likeness (QED) is 0.514. The van der Waals surface area contributed by atoms with E-state index in [1.54, 1.807) is 12.1 Å². The molecule has 1 unspecified atom stereocenters. The van der Waals surface area contributed by atoms with Gasteiger partial charge >= 0.3 is 40.8 Å². The summed E-state index contributed by atoms with van der Waals surface area (Å²) in [6.45, 7) is 4.01. The molecule has 3 aromatic rings. The molecule has 0 fully saturated rings. The third-order valence-electron chi connectivity index (χ3n) is 5.24. The molecule has 3 aromatic carbocycles. The standard InChI is InChI=1S/C24H23NO2S.ClH.Nd/c1-3-18-16-20-10-7-11-22(19-8-5-4-6-9-19)23(20)24(18)25-28(26,27)21-14-12-17(2)13-15-21;;/h4-16,24-25H,3H2,1-2H3;1H;/q;;+1/p-1. The molecule has 0 aliphatic heterocycles. The Balaban J connectivity index is 0.00000160. The van der Waals surface area contributed by atoms with Crippen LogP contribution in [-0.2, 0) is 10.0 Å². The minimum absolute atomic E-state index is 0. The molecule has 0 saturated carbocycles. The summed E-state index contributed by atoms with van der Waals surface area (Å²) in [6.07, 6.45) is 2.90. The van der Waals surface area contributed by atoms with Crippen LogP contribution >= 0.6 is 0 Å². The zero-order chi connectivity index (χ0) is 19.7. The Kier molecular flexibility index (Phi) is 8.83. The second-order valence-corrected chi connectivity index (χ2v) is 8.83. The van der Waals surface area contributed by atoms with Gasteiger partial charge in [0.05, 0.1) is 10.9 Å².